The molecule has 0 saturated carbocycles. The lowest BCUT2D eigenvalue weighted by Crippen LogP contribution is -2.00. The van der Waals surface area contributed by atoms with Crippen LogP contribution in [0, 0.1) is 0 Å². The number of rotatable bonds is 1. The van der Waals surface area contributed by atoms with Crippen molar-refractivity contribution >= 4 is 17.1 Å². The Labute approximate surface area is 81.4 Å². The third-order valence-electron chi connectivity index (χ3n) is 1.99. The average Bonchev–Trinajstić information content (AvgIpc) is 2.46. The van der Waals surface area contributed by atoms with Gasteiger partial charge in [-0.15, -0.1) is 5.10 Å². The minimum absolute atomic E-state index is 0.283. The van der Waals surface area contributed by atoms with Crippen LogP contribution in [0.25, 0.3) is 5.52 Å². The summed E-state index contributed by atoms with van der Waals surface area (Å²) in [7, 11) is 0. The van der Waals surface area contributed by atoms with Crippen molar-refractivity contribution in [2.75, 3.05) is 0 Å². The van der Waals surface area contributed by atoms with Crippen LogP contribution in [-0.4, -0.2) is 14.6 Å². The molecule has 68 valence electrons. The molecule has 0 radical (unpaired) electrons. The van der Waals surface area contributed by atoms with Crippen LogP contribution in [-0.2, 0) is 0 Å². The Morgan fingerprint density at radius 1 is 1.38 bits per heavy atom. The summed E-state index contributed by atoms with van der Waals surface area (Å²) in [5.41, 5.74) is 2.13. The fourth-order valence-electron chi connectivity index (χ4n) is 1.34. The van der Waals surface area contributed by atoms with Crippen molar-refractivity contribution in [3.05, 3.63) is 29.3 Å². The van der Waals surface area contributed by atoms with Crippen molar-refractivity contribution in [2.24, 2.45) is 0 Å². The molecule has 0 aliphatic rings. The minimum atomic E-state index is 0.283. The Morgan fingerprint density at radius 3 is 2.85 bits per heavy atom. The molecular weight excluding hydrogens is 186 g/mol. The van der Waals surface area contributed by atoms with Crippen molar-refractivity contribution < 1.29 is 0 Å². The summed E-state index contributed by atoms with van der Waals surface area (Å²) in [5, 5.41) is 4.41. The van der Waals surface area contributed by atoms with Gasteiger partial charge in [0.05, 0.1) is 11.7 Å². The van der Waals surface area contributed by atoms with Gasteiger partial charge in [0.25, 0.3) is 0 Å². The second-order valence-corrected chi connectivity index (χ2v) is 3.61. The Hall–Kier alpha value is -1.09. The molecule has 0 aliphatic carbocycles. The Morgan fingerprint density at radius 2 is 2.15 bits per heavy atom. The van der Waals surface area contributed by atoms with Crippen LogP contribution in [0.3, 0.4) is 0 Å². The van der Waals surface area contributed by atoms with Crippen LogP contribution in [0.5, 0.6) is 0 Å². The molecule has 2 aromatic rings. The van der Waals surface area contributed by atoms with Crippen molar-refractivity contribution in [1.29, 1.82) is 0 Å². The summed E-state index contributed by atoms with van der Waals surface area (Å²) < 4.78 is 1.83. The van der Waals surface area contributed by atoms with Gasteiger partial charge < -0.3 is 0 Å². The van der Waals surface area contributed by atoms with Gasteiger partial charge in [0.15, 0.2) is 0 Å². The first-order chi connectivity index (χ1) is 6.18. The lowest BCUT2D eigenvalue weighted by Gasteiger charge is -2.03. The molecule has 4 heteroatoms. The molecule has 0 atom stereocenters. The zero-order chi connectivity index (χ0) is 9.42. The van der Waals surface area contributed by atoms with Gasteiger partial charge in [-0.3, -0.25) is 0 Å². The summed E-state index contributed by atoms with van der Waals surface area (Å²) >= 11 is 5.71. The topological polar surface area (TPSA) is 30.2 Å². The summed E-state index contributed by atoms with van der Waals surface area (Å²) in [6.07, 6.45) is 1.72. The quantitative estimate of drug-likeness (QED) is 0.700. The van der Waals surface area contributed by atoms with Gasteiger partial charge in [-0.2, -0.15) is 0 Å². The highest BCUT2D eigenvalue weighted by atomic mass is 35.5. The highest BCUT2D eigenvalue weighted by Crippen LogP contribution is 2.17. The van der Waals surface area contributed by atoms with Crippen LogP contribution in [0.1, 0.15) is 25.5 Å². The highest BCUT2D eigenvalue weighted by Gasteiger charge is 2.06. The number of fused-ring (bicyclic) bond motifs is 1. The van der Waals surface area contributed by atoms with Gasteiger partial charge >= 0.3 is 0 Å². The number of hydrogen-bond acceptors (Lipinski definition) is 2. The molecule has 0 bridgehead atoms. The predicted octanol–water partition coefficient (Wildman–Crippen LogP) is 2.51. The molecule has 13 heavy (non-hydrogen) atoms. The molecule has 0 spiro atoms. The molecule has 3 nitrogen and oxygen atoms in total. The van der Waals surface area contributed by atoms with Crippen molar-refractivity contribution in [1.82, 2.24) is 14.6 Å². The summed E-state index contributed by atoms with van der Waals surface area (Å²) in [5.74, 6) is 0.438. The van der Waals surface area contributed by atoms with E-state index in [1.54, 1.807) is 6.20 Å². The van der Waals surface area contributed by atoms with E-state index in [1.165, 1.54) is 0 Å². The summed E-state index contributed by atoms with van der Waals surface area (Å²) in [4.78, 5) is 3.91. The van der Waals surface area contributed by atoms with E-state index < -0.39 is 0 Å². The zero-order valence-electron chi connectivity index (χ0n) is 7.53. The SMILES string of the molecule is CC(C)c1ccc2cnc(Cl)nn12. The second-order valence-electron chi connectivity index (χ2n) is 3.28. The second kappa shape index (κ2) is 3.00. The van der Waals surface area contributed by atoms with Crippen LogP contribution in [0.2, 0.25) is 5.28 Å². The molecule has 0 unspecified atom stereocenters. The molecule has 0 saturated heterocycles. The lowest BCUT2D eigenvalue weighted by molar-refractivity contribution is 0.751. The van der Waals surface area contributed by atoms with E-state index >= 15 is 0 Å². The van der Waals surface area contributed by atoms with Gasteiger partial charge in [0.2, 0.25) is 5.28 Å². The van der Waals surface area contributed by atoms with E-state index in [9.17, 15) is 0 Å². The maximum atomic E-state index is 5.71. The monoisotopic (exact) mass is 195 g/mol. The first-order valence-corrected chi connectivity index (χ1v) is 4.56. The first kappa shape index (κ1) is 8.51. The van der Waals surface area contributed by atoms with Crippen LogP contribution < -0.4 is 0 Å². The lowest BCUT2D eigenvalue weighted by atomic mass is 10.1. The van der Waals surface area contributed by atoms with E-state index in [0.29, 0.717) is 5.92 Å². The summed E-state index contributed by atoms with van der Waals surface area (Å²) in [6, 6.07) is 4.04. The Kier molecular flexibility index (Phi) is 1.96. The maximum absolute atomic E-state index is 5.71. The summed E-state index contributed by atoms with van der Waals surface area (Å²) in [6.45, 7) is 4.25. The molecule has 2 heterocycles. The minimum Gasteiger partial charge on any atom is -0.233 e. The van der Waals surface area contributed by atoms with Gasteiger partial charge in [0.1, 0.15) is 0 Å². The molecule has 2 aromatic heterocycles. The van der Waals surface area contributed by atoms with Gasteiger partial charge in [-0.1, -0.05) is 13.8 Å². The Bertz CT molecular complexity index is 433. The van der Waals surface area contributed by atoms with Crippen molar-refractivity contribution in [2.45, 2.75) is 19.8 Å². The molecule has 0 fully saturated rings. The van der Waals surface area contributed by atoms with Crippen molar-refractivity contribution in [3.63, 3.8) is 0 Å². The molecular formula is C9H10ClN3. The number of nitrogens with zero attached hydrogens (tertiary/aromatic N) is 3. The molecule has 0 amide bonds. The third-order valence-corrected chi connectivity index (χ3v) is 2.16. The molecule has 2 rings (SSSR count). The van der Waals surface area contributed by atoms with Crippen LogP contribution in [0.15, 0.2) is 18.3 Å². The average molecular weight is 196 g/mol. The van der Waals surface area contributed by atoms with E-state index in [1.807, 2.05) is 16.6 Å². The Balaban J connectivity index is 2.71. The smallest absolute Gasteiger partial charge is 0.233 e. The van der Waals surface area contributed by atoms with Gasteiger partial charge in [-0.25, -0.2) is 9.50 Å². The fraction of sp³-hybridized carbons (Fsp3) is 0.333. The third kappa shape index (κ3) is 1.40. The molecule has 0 aliphatic heterocycles. The van der Waals surface area contributed by atoms with E-state index in [0.717, 1.165) is 11.2 Å². The van der Waals surface area contributed by atoms with E-state index in [4.69, 9.17) is 11.6 Å². The normalized spacial score (nSPS) is 11.4. The number of hydrogen-bond donors (Lipinski definition) is 0. The van der Waals surface area contributed by atoms with Crippen LogP contribution in [0.4, 0.5) is 0 Å². The van der Waals surface area contributed by atoms with E-state index in [-0.39, 0.29) is 5.28 Å². The molecule has 0 aromatic carbocycles. The zero-order valence-corrected chi connectivity index (χ0v) is 8.28. The van der Waals surface area contributed by atoms with E-state index in [2.05, 4.69) is 23.9 Å². The number of aromatic nitrogens is 3. The fourth-order valence-corrected chi connectivity index (χ4v) is 1.46. The van der Waals surface area contributed by atoms with Crippen LogP contribution >= 0.6 is 11.6 Å². The van der Waals surface area contributed by atoms with Gasteiger partial charge in [0, 0.05) is 5.69 Å². The molecule has 0 N–H and O–H groups in total. The highest BCUT2D eigenvalue weighted by molar-refractivity contribution is 6.28. The maximum Gasteiger partial charge on any atom is 0.241 e. The largest absolute Gasteiger partial charge is 0.241 e. The standard InChI is InChI=1S/C9H10ClN3/c1-6(2)8-4-3-7-5-11-9(10)12-13(7)8/h3-6H,1-2H3. The van der Waals surface area contributed by atoms with Crippen molar-refractivity contribution in [3.8, 4) is 0 Å². The van der Waals surface area contributed by atoms with Gasteiger partial charge in [-0.05, 0) is 29.7 Å². The first-order valence-electron chi connectivity index (χ1n) is 4.18. The predicted molar refractivity (Wildman–Crippen MR) is 52.1 cm³/mol. The number of halogens is 1.